The lowest BCUT2D eigenvalue weighted by atomic mass is 9.82. The molecule has 0 unspecified atom stereocenters. The maximum atomic E-state index is 2.45. The van der Waals surface area contributed by atoms with Gasteiger partial charge in [-0.15, -0.1) is 0 Å². The largest absolute Gasteiger partial charge is 0.310 e. The molecule has 1 aliphatic carbocycles. The van der Waals surface area contributed by atoms with Crippen LogP contribution in [0.25, 0.3) is 82.1 Å². The molecule has 0 atom stereocenters. The second kappa shape index (κ2) is 12.8. The van der Waals surface area contributed by atoms with Gasteiger partial charge in [0.2, 0.25) is 0 Å². The van der Waals surface area contributed by atoms with Crippen molar-refractivity contribution in [2.24, 2.45) is 0 Å². The predicted molar refractivity (Wildman–Crippen MR) is 251 cm³/mol. The van der Waals surface area contributed by atoms with Gasteiger partial charge < -0.3 is 9.47 Å². The first-order chi connectivity index (χ1) is 29.0. The van der Waals surface area contributed by atoms with E-state index >= 15 is 0 Å². The van der Waals surface area contributed by atoms with Gasteiger partial charge in [0.05, 0.1) is 11.0 Å². The third kappa shape index (κ3) is 5.13. The molecule has 0 aliphatic heterocycles. The van der Waals surface area contributed by atoms with Gasteiger partial charge in [-0.1, -0.05) is 153 Å². The first-order valence-electron chi connectivity index (χ1n) is 20.6. The average molecular weight is 753 g/mol. The van der Waals surface area contributed by atoms with Crippen molar-refractivity contribution in [1.82, 2.24) is 4.57 Å². The molecule has 0 saturated heterocycles. The van der Waals surface area contributed by atoms with Crippen LogP contribution in [-0.4, -0.2) is 4.57 Å². The van der Waals surface area contributed by atoms with Crippen LogP contribution in [0.1, 0.15) is 25.0 Å². The van der Waals surface area contributed by atoms with Crippen molar-refractivity contribution in [3.05, 3.63) is 217 Å². The van der Waals surface area contributed by atoms with Crippen LogP contribution in [-0.2, 0) is 5.41 Å². The Morgan fingerprint density at radius 1 is 0.373 bits per heavy atom. The van der Waals surface area contributed by atoms with Crippen LogP contribution in [0, 0.1) is 0 Å². The number of aromatic nitrogens is 1. The second-order valence-corrected chi connectivity index (χ2v) is 16.6. The van der Waals surface area contributed by atoms with E-state index in [0.29, 0.717) is 0 Å². The Kier molecular flexibility index (Phi) is 7.31. The highest BCUT2D eigenvalue weighted by Crippen LogP contribution is 2.51. The standard InChI is InChI=1S/C57H40N2/c1-57(2)51-18-10-9-17-49(51)50-32-31-46(36-52(50)57)58(43-25-21-38(22-26-43)42-20-19-37-11-3-4-14-41(37)35-42)44-27-29-45(30-28-44)59-53-33-23-39-12-5-7-15-47(39)55(53)56-48-16-8-6-13-40(48)24-34-54(56)59/h3-36H,1-2H3. The van der Waals surface area contributed by atoms with Crippen LogP contribution < -0.4 is 4.90 Å². The molecular weight excluding hydrogens is 713 g/mol. The molecule has 12 rings (SSSR count). The van der Waals surface area contributed by atoms with Gasteiger partial charge in [-0.3, -0.25) is 0 Å². The van der Waals surface area contributed by atoms with Crippen molar-refractivity contribution in [3.8, 4) is 27.9 Å². The van der Waals surface area contributed by atoms with E-state index in [9.17, 15) is 0 Å². The highest BCUT2D eigenvalue weighted by atomic mass is 15.1. The zero-order chi connectivity index (χ0) is 39.2. The summed E-state index contributed by atoms with van der Waals surface area (Å²) in [4.78, 5) is 2.42. The summed E-state index contributed by atoms with van der Waals surface area (Å²) in [7, 11) is 0. The molecule has 11 aromatic rings. The lowest BCUT2D eigenvalue weighted by molar-refractivity contribution is 0.660. The minimum Gasteiger partial charge on any atom is -0.310 e. The summed E-state index contributed by atoms with van der Waals surface area (Å²) >= 11 is 0. The summed E-state index contributed by atoms with van der Waals surface area (Å²) in [6.45, 7) is 4.72. The van der Waals surface area contributed by atoms with E-state index in [4.69, 9.17) is 0 Å². The Morgan fingerprint density at radius 3 is 1.56 bits per heavy atom. The van der Waals surface area contributed by atoms with Crippen molar-refractivity contribution in [1.29, 1.82) is 0 Å². The normalized spacial score (nSPS) is 13.1. The van der Waals surface area contributed by atoms with Crippen molar-refractivity contribution >= 4 is 71.2 Å². The van der Waals surface area contributed by atoms with Gasteiger partial charge in [0, 0.05) is 38.9 Å². The average Bonchev–Trinajstić information content (AvgIpc) is 3.76. The number of anilines is 3. The van der Waals surface area contributed by atoms with Crippen LogP contribution in [0.2, 0.25) is 0 Å². The molecule has 0 N–H and O–H groups in total. The van der Waals surface area contributed by atoms with E-state index in [0.717, 1.165) is 22.7 Å². The number of fused-ring (bicyclic) bond motifs is 11. The third-order valence-corrected chi connectivity index (χ3v) is 12.9. The van der Waals surface area contributed by atoms with Crippen molar-refractivity contribution < 1.29 is 0 Å². The van der Waals surface area contributed by atoms with Crippen LogP contribution >= 0.6 is 0 Å². The van der Waals surface area contributed by atoms with E-state index in [1.165, 1.54) is 87.5 Å². The van der Waals surface area contributed by atoms with E-state index in [-0.39, 0.29) is 5.41 Å². The Hall–Kier alpha value is -7.42. The quantitative estimate of drug-likeness (QED) is 0.170. The first-order valence-corrected chi connectivity index (χ1v) is 20.6. The number of benzene rings is 10. The minimum atomic E-state index is -0.109. The smallest absolute Gasteiger partial charge is 0.0547 e. The summed E-state index contributed by atoms with van der Waals surface area (Å²) in [5.41, 5.74) is 14.6. The maximum Gasteiger partial charge on any atom is 0.0547 e. The van der Waals surface area contributed by atoms with Crippen molar-refractivity contribution in [2.75, 3.05) is 4.90 Å². The number of hydrogen-bond acceptors (Lipinski definition) is 1. The molecule has 278 valence electrons. The summed E-state index contributed by atoms with van der Waals surface area (Å²) in [6, 6.07) is 76.2. The predicted octanol–water partition coefficient (Wildman–Crippen LogP) is 15.7. The third-order valence-electron chi connectivity index (χ3n) is 12.9. The molecule has 0 amide bonds. The Bertz CT molecular complexity index is 3370. The summed E-state index contributed by atoms with van der Waals surface area (Å²) in [6.07, 6.45) is 0. The van der Waals surface area contributed by atoms with Crippen LogP contribution in [0.4, 0.5) is 17.1 Å². The Morgan fingerprint density at radius 2 is 0.881 bits per heavy atom. The fourth-order valence-corrected chi connectivity index (χ4v) is 10.0. The second-order valence-electron chi connectivity index (χ2n) is 16.6. The van der Waals surface area contributed by atoms with Crippen LogP contribution in [0.15, 0.2) is 206 Å². The minimum absolute atomic E-state index is 0.109. The van der Waals surface area contributed by atoms with Crippen LogP contribution in [0.5, 0.6) is 0 Å². The molecule has 1 aliphatic rings. The molecule has 0 spiro atoms. The highest BCUT2D eigenvalue weighted by molar-refractivity contribution is 6.28. The highest BCUT2D eigenvalue weighted by Gasteiger charge is 2.35. The number of hydrogen-bond donors (Lipinski definition) is 0. The Balaban J connectivity index is 1.02. The first kappa shape index (κ1) is 33.7. The maximum absolute atomic E-state index is 2.45. The molecular formula is C57H40N2. The molecule has 2 heteroatoms. The summed E-state index contributed by atoms with van der Waals surface area (Å²) in [5, 5.41) is 10.2. The zero-order valence-electron chi connectivity index (χ0n) is 33.0. The molecule has 1 aromatic heterocycles. The number of rotatable bonds is 5. The summed E-state index contributed by atoms with van der Waals surface area (Å²) in [5.74, 6) is 0. The lowest BCUT2D eigenvalue weighted by Crippen LogP contribution is -2.16. The van der Waals surface area contributed by atoms with Crippen LogP contribution in [0.3, 0.4) is 0 Å². The molecule has 10 aromatic carbocycles. The van der Waals surface area contributed by atoms with Gasteiger partial charge in [-0.25, -0.2) is 0 Å². The molecule has 59 heavy (non-hydrogen) atoms. The monoisotopic (exact) mass is 752 g/mol. The molecule has 1 heterocycles. The van der Waals surface area contributed by atoms with E-state index < -0.39 is 0 Å². The van der Waals surface area contributed by atoms with E-state index in [1.807, 2.05) is 0 Å². The molecule has 0 bridgehead atoms. The van der Waals surface area contributed by atoms with Gasteiger partial charge in [0.25, 0.3) is 0 Å². The van der Waals surface area contributed by atoms with Gasteiger partial charge in [-0.05, 0) is 132 Å². The molecule has 0 radical (unpaired) electrons. The number of nitrogens with zero attached hydrogens (tertiary/aromatic N) is 2. The fourth-order valence-electron chi connectivity index (χ4n) is 10.0. The van der Waals surface area contributed by atoms with Crippen molar-refractivity contribution in [2.45, 2.75) is 19.3 Å². The SMILES string of the molecule is CC1(C)c2ccccc2-c2ccc(N(c3ccc(-c4ccc5ccccc5c4)cc3)c3ccc(-n4c5ccc6ccccc6c5c5c6ccccc6ccc54)cc3)cc21. The van der Waals surface area contributed by atoms with Crippen molar-refractivity contribution in [3.63, 3.8) is 0 Å². The van der Waals surface area contributed by atoms with E-state index in [1.54, 1.807) is 0 Å². The Labute approximate surface area is 343 Å². The molecule has 0 saturated carbocycles. The van der Waals surface area contributed by atoms with Gasteiger partial charge in [0.15, 0.2) is 0 Å². The van der Waals surface area contributed by atoms with E-state index in [2.05, 4.69) is 230 Å². The topological polar surface area (TPSA) is 8.17 Å². The molecule has 0 fully saturated rings. The lowest BCUT2D eigenvalue weighted by Gasteiger charge is -2.28. The fraction of sp³-hybridized carbons (Fsp3) is 0.0526. The van der Waals surface area contributed by atoms with Gasteiger partial charge in [0.1, 0.15) is 0 Å². The van der Waals surface area contributed by atoms with Gasteiger partial charge >= 0.3 is 0 Å². The van der Waals surface area contributed by atoms with Gasteiger partial charge in [-0.2, -0.15) is 0 Å². The summed E-state index contributed by atoms with van der Waals surface area (Å²) < 4.78 is 2.45. The molecule has 2 nitrogen and oxygen atoms in total. The zero-order valence-corrected chi connectivity index (χ0v) is 33.0.